The Bertz CT molecular complexity index is 769. The zero-order valence-corrected chi connectivity index (χ0v) is 12.2. The van der Waals surface area contributed by atoms with Crippen LogP contribution < -0.4 is 0 Å². The lowest BCUT2D eigenvalue weighted by Gasteiger charge is -2.04. The van der Waals surface area contributed by atoms with Crippen molar-refractivity contribution in [1.82, 2.24) is 0 Å². The molecule has 0 aliphatic heterocycles. The first kappa shape index (κ1) is 12.9. The summed E-state index contributed by atoms with van der Waals surface area (Å²) in [6.07, 6.45) is 0. The Hall–Kier alpha value is -2.13. The predicted molar refractivity (Wildman–Crippen MR) is 83.3 cm³/mol. The quantitative estimate of drug-likeness (QED) is 0.639. The number of rotatable bonds is 2. The number of methoxy groups -OCH3 is 1. The molecule has 3 rings (SSSR count). The number of hydrogen-bond acceptors (Lipinski definition) is 3. The molecule has 0 aliphatic rings. The molecule has 0 fully saturated rings. The van der Waals surface area contributed by atoms with Crippen LogP contribution in [0.1, 0.15) is 15.2 Å². The average molecular weight is 282 g/mol. The van der Waals surface area contributed by atoms with E-state index < -0.39 is 0 Å². The van der Waals surface area contributed by atoms with Gasteiger partial charge in [-0.25, -0.2) is 4.79 Å². The van der Waals surface area contributed by atoms with Crippen LogP contribution in [0.4, 0.5) is 0 Å². The minimum Gasteiger partial charge on any atom is -0.465 e. The van der Waals surface area contributed by atoms with Gasteiger partial charge < -0.3 is 4.74 Å². The van der Waals surface area contributed by atoms with Crippen molar-refractivity contribution in [2.24, 2.45) is 0 Å². The molecule has 100 valence electrons. The molecule has 0 N–H and O–H groups in total. The van der Waals surface area contributed by atoms with E-state index in [1.165, 1.54) is 22.1 Å². The molecule has 1 heterocycles. The third-order valence-corrected chi connectivity index (χ3v) is 4.31. The summed E-state index contributed by atoms with van der Waals surface area (Å²) in [5, 5.41) is 1.27. The molecule has 2 aromatic carbocycles. The van der Waals surface area contributed by atoms with Gasteiger partial charge in [-0.15, -0.1) is 11.3 Å². The molecule has 0 atom stereocenters. The molecule has 0 saturated carbocycles. The van der Waals surface area contributed by atoms with Crippen molar-refractivity contribution in [2.75, 3.05) is 7.11 Å². The van der Waals surface area contributed by atoms with E-state index in [1.807, 2.05) is 12.1 Å². The molecular weight excluding hydrogens is 268 g/mol. The molecule has 2 nitrogen and oxygen atoms in total. The fourth-order valence-electron chi connectivity index (χ4n) is 2.27. The number of hydrogen-bond donors (Lipinski definition) is 0. The summed E-state index contributed by atoms with van der Waals surface area (Å²) in [6, 6.07) is 16.1. The van der Waals surface area contributed by atoms with Crippen LogP contribution >= 0.6 is 11.3 Å². The largest absolute Gasteiger partial charge is 0.465 e. The minimum atomic E-state index is -0.305. The van der Waals surface area contributed by atoms with Crippen molar-refractivity contribution in [3.05, 3.63) is 59.0 Å². The highest BCUT2D eigenvalue weighted by Gasteiger charge is 2.06. The smallest absolute Gasteiger partial charge is 0.337 e. The van der Waals surface area contributed by atoms with Crippen LogP contribution in [0, 0.1) is 6.92 Å². The molecule has 20 heavy (non-hydrogen) atoms. The van der Waals surface area contributed by atoms with Gasteiger partial charge in [-0.3, -0.25) is 0 Å². The zero-order chi connectivity index (χ0) is 14.1. The summed E-state index contributed by atoms with van der Waals surface area (Å²) >= 11 is 1.80. The lowest BCUT2D eigenvalue weighted by Crippen LogP contribution is -2.00. The molecule has 3 aromatic rings. The van der Waals surface area contributed by atoms with E-state index in [0.717, 1.165) is 11.1 Å². The Kier molecular flexibility index (Phi) is 3.28. The summed E-state index contributed by atoms with van der Waals surface area (Å²) < 4.78 is 6.01. The highest BCUT2D eigenvalue weighted by atomic mass is 32.1. The maximum absolute atomic E-state index is 11.4. The number of aryl methyl sites for hydroxylation is 1. The monoisotopic (exact) mass is 282 g/mol. The summed E-state index contributed by atoms with van der Waals surface area (Å²) in [7, 11) is 1.39. The lowest BCUT2D eigenvalue weighted by atomic mass is 10.0. The van der Waals surface area contributed by atoms with Gasteiger partial charge in [-0.05, 0) is 53.8 Å². The third kappa shape index (κ3) is 2.32. The molecule has 3 heteroatoms. The number of ether oxygens (including phenoxy) is 1. The molecule has 0 bridgehead atoms. The van der Waals surface area contributed by atoms with Gasteiger partial charge in [0.1, 0.15) is 0 Å². The topological polar surface area (TPSA) is 26.3 Å². The molecule has 0 saturated heterocycles. The maximum Gasteiger partial charge on any atom is 0.337 e. The number of carbonyl (C=O) groups excluding carboxylic acids is 1. The molecule has 0 spiro atoms. The van der Waals surface area contributed by atoms with Crippen LogP contribution in [0.3, 0.4) is 0 Å². The summed E-state index contributed by atoms with van der Waals surface area (Å²) in [6.45, 7) is 2.12. The van der Waals surface area contributed by atoms with Gasteiger partial charge in [0.2, 0.25) is 0 Å². The van der Waals surface area contributed by atoms with E-state index in [1.54, 1.807) is 23.5 Å². The average Bonchev–Trinajstić information content (AvgIpc) is 2.85. The van der Waals surface area contributed by atoms with Gasteiger partial charge in [-0.1, -0.05) is 18.2 Å². The van der Waals surface area contributed by atoms with Crippen molar-refractivity contribution in [3.8, 4) is 11.1 Å². The Balaban J connectivity index is 1.99. The van der Waals surface area contributed by atoms with Crippen LogP contribution in [0.25, 0.3) is 21.2 Å². The van der Waals surface area contributed by atoms with E-state index in [4.69, 9.17) is 4.74 Å². The van der Waals surface area contributed by atoms with Gasteiger partial charge in [0, 0.05) is 9.58 Å². The molecule has 1 aromatic heterocycles. The van der Waals surface area contributed by atoms with Crippen molar-refractivity contribution < 1.29 is 9.53 Å². The molecule has 0 unspecified atom stereocenters. The number of esters is 1. The van der Waals surface area contributed by atoms with Crippen LogP contribution in [0.5, 0.6) is 0 Å². The van der Waals surface area contributed by atoms with Crippen molar-refractivity contribution in [2.45, 2.75) is 6.92 Å². The fraction of sp³-hybridized carbons (Fsp3) is 0.118. The Morgan fingerprint density at radius 3 is 2.40 bits per heavy atom. The van der Waals surface area contributed by atoms with Gasteiger partial charge in [0.05, 0.1) is 12.7 Å². The van der Waals surface area contributed by atoms with Gasteiger partial charge in [0.25, 0.3) is 0 Å². The Morgan fingerprint density at radius 2 is 1.70 bits per heavy atom. The van der Waals surface area contributed by atoms with E-state index in [9.17, 15) is 4.79 Å². The number of thiophene rings is 1. The summed E-state index contributed by atoms with van der Waals surface area (Å²) in [5.41, 5.74) is 2.83. The number of fused-ring (bicyclic) bond motifs is 1. The predicted octanol–water partition coefficient (Wildman–Crippen LogP) is 4.66. The van der Waals surface area contributed by atoms with Crippen molar-refractivity contribution in [3.63, 3.8) is 0 Å². The van der Waals surface area contributed by atoms with E-state index in [2.05, 4.69) is 31.2 Å². The third-order valence-electron chi connectivity index (χ3n) is 3.28. The first-order valence-electron chi connectivity index (χ1n) is 6.36. The van der Waals surface area contributed by atoms with Gasteiger partial charge >= 0.3 is 5.97 Å². The minimum absolute atomic E-state index is 0.305. The van der Waals surface area contributed by atoms with Gasteiger partial charge in [-0.2, -0.15) is 0 Å². The molecule has 0 aliphatic carbocycles. The number of benzene rings is 2. The second kappa shape index (κ2) is 5.10. The Morgan fingerprint density at radius 1 is 1.00 bits per heavy atom. The van der Waals surface area contributed by atoms with Crippen molar-refractivity contribution in [1.29, 1.82) is 0 Å². The normalized spacial score (nSPS) is 10.7. The van der Waals surface area contributed by atoms with E-state index in [0.29, 0.717) is 5.56 Å². The SMILES string of the molecule is COC(=O)c1ccc(-c2ccc3sc(C)cc3c2)cc1. The summed E-state index contributed by atoms with van der Waals surface area (Å²) in [4.78, 5) is 12.7. The molecule has 0 radical (unpaired) electrons. The second-order valence-electron chi connectivity index (χ2n) is 4.68. The second-order valence-corrected chi connectivity index (χ2v) is 5.97. The first-order chi connectivity index (χ1) is 9.67. The van der Waals surface area contributed by atoms with Crippen LogP contribution in [0.15, 0.2) is 48.5 Å². The van der Waals surface area contributed by atoms with Crippen LogP contribution in [-0.4, -0.2) is 13.1 Å². The van der Waals surface area contributed by atoms with E-state index in [-0.39, 0.29) is 5.97 Å². The summed E-state index contributed by atoms with van der Waals surface area (Å²) in [5.74, 6) is -0.305. The fourth-order valence-corrected chi connectivity index (χ4v) is 3.18. The van der Waals surface area contributed by atoms with E-state index >= 15 is 0 Å². The first-order valence-corrected chi connectivity index (χ1v) is 7.18. The van der Waals surface area contributed by atoms with Crippen LogP contribution in [0.2, 0.25) is 0 Å². The zero-order valence-electron chi connectivity index (χ0n) is 11.3. The number of carbonyl (C=O) groups is 1. The standard InChI is InChI=1S/C17H14O2S/c1-11-9-15-10-14(7-8-16(15)20-11)12-3-5-13(6-4-12)17(18)19-2/h3-10H,1-2H3. The highest BCUT2D eigenvalue weighted by Crippen LogP contribution is 2.30. The highest BCUT2D eigenvalue weighted by molar-refractivity contribution is 7.19. The molecule has 0 amide bonds. The van der Waals surface area contributed by atoms with Crippen LogP contribution in [-0.2, 0) is 4.74 Å². The Labute approximate surface area is 121 Å². The van der Waals surface area contributed by atoms with Crippen molar-refractivity contribution >= 4 is 27.4 Å². The maximum atomic E-state index is 11.4. The lowest BCUT2D eigenvalue weighted by molar-refractivity contribution is 0.0601. The van der Waals surface area contributed by atoms with Gasteiger partial charge in [0.15, 0.2) is 0 Å². The molecular formula is C17H14O2S.